The minimum Gasteiger partial charge on any atom is -0.454 e. The highest BCUT2D eigenvalue weighted by Crippen LogP contribution is 2.29. The van der Waals surface area contributed by atoms with E-state index < -0.39 is 5.82 Å². The van der Waals surface area contributed by atoms with Crippen molar-refractivity contribution in [2.24, 2.45) is 5.73 Å². The molecule has 1 atom stereocenters. The molecule has 3 heteroatoms. The third-order valence-corrected chi connectivity index (χ3v) is 3.05. The van der Waals surface area contributed by atoms with Crippen molar-refractivity contribution in [2.75, 3.05) is 0 Å². The maximum Gasteiger partial charge on any atom is 0.166 e. The molecule has 0 bridgehead atoms. The summed E-state index contributed by atoms with van der Waals surface area (Å²) in [5, 5.41) is 0. The molecule has 2 aromatic carbocycles. The first-order valence-corrected chi connectivity index (χ1v) is 6.27. The second-order valence-corrected chi connectivity index (χ2v) is 4.85. The highest BCUT2D eigenvalue weighted by molar-refractivity contribution is 5.41. The molecule has 0 unspecified atom stereocenters. The Labute approximate surface area is 113 Å². The van der Waals surface area contributed by atoms with Gasteiger partial charge in [-0.25, -0.2) is 4.39 Å². The van der Waals surface area contributed by atoms with Gasteiger partial charge in [-0.2, -0.15) is 0 Å². The van der Waals surface area contributed by atoms with E-state index >= 15 is 0 Å². The van der Waals surface area contributed by atoms with Crippen LogP contribution in [-0.2, 0) is 0 Å². The zero-order valence-corrected chi connectivity index (χ0v) is 11.4. The van der Waals surface area contributed by atoms with Gasteiger partial charge >= 0.3 is 0 Å². The molecule has 0 spiro atoms. The van der Waals surface area contributed by atoms with Gasteiger partial charge in [-0.05, 0) is 55.7 Å². The molecule has 2 aromatic rings. The van der Waals surface area contributed by atoms with Crippen molar-refractivity contribution in [3.63, 3.8) is 0 Å². The van der Waals surface area contributed by atoms with Crippen LogP contribution in [0.15, 0.2) is 36.4 Å². The fourth-order valence-electron chi connectivity index (χ4n) is 1.82. The molecule has 0 saturated carbocycles. The van der Waals surface area contributed by atoms with Gasteiger partial charge in [0.25, 0.3) is 0 Å². The van der Waals surface area contributed by atoms with Crippen molar-refractivity contribution in [3.8, 4) is 11.5 Å². The van der Waals surface area contributed by atoms with Gasteiger partial charge in [0.05, 0.1) is 0 Å². The SMILES string of the molecule is Cc1ccc(C)c(Oc2ccc([C@@H](C)N)cc2F)c1. The van der Waals surface area contributed by atoms with E-state index in [1.165, 1.54) is 6.07 Å². The summed E-state index contributed by atoms with van der Waals surface area (Å²) in [5.74, 6) is 0.501. The molecule has 0 saturated heterocycles. The van der Waals surface area contributed by atoms with Crippen molar-refractivity contribution in [1.29, 1.82) is 0 Å². The molecule has 100 valence electrons. The molecule has 0 aliphatic carbocycles. The lowest BCUT2D eigenvalue weighted by molar-refractivity contribution is 0.438. The monoisotopic (exact) mass is 259 g/mol. The normalized spacial score (nSPS) is 12.3. The van der Waals surface area contributed by atoms with Gasteiger partial charge in [0.15, 0.2) is 11.6 Å². The number of hydrogen-bond donors (Lipinski definition) is 1. The molecule has 2 N–H and O–H groups in total. The lowest BCUT2D eigenvalue weighted by Crippen LogP contribution is -2.05. The molecule has 0 amide bonds. The topological polar surface area (TPSA) is 35.2 Å². The van der Waals surface area contributed by atoms with Gasteiger partial charge in [-0.3, -0.25) is 0 Å². The van der Waals surface area contributed by atoms with Gasteiger partial charge < -0.3 is 10.5 Å². The molecule has 0 aliphatic heterocycles. The van der Waals surface area contributed by atoms with E-state index in [0.29, 0.717) is 5.75 Å². The maximum absolute atomic E-state index is 13.9. The Hall–Kier alpha value is -1.87. The molecule has 0 radical (unpaired) electrons. The molecule has 0 fully saturated rings. The number of hydrogen-bond acceptors (Lipinski definition) is 2. The van der Waals surface area contributed by atoms with Crippen LogP contribution >= 0.6 is 0 Å². The Balaban J connectivity index is 2.31. The van der Waals surface area contributed by atoms with Crippen LogP contribution in [-0.4, -0.2) is 0 Å². The van der Waals surface area contributed by atoms with E-state index in [0.717, 1.165) is 16.7 Å². The maximum atomic E-state index is 13.9. The number of halogens is 1. The van der Waals surface area contributed by atoms with Gasteiger partial charge in [0.2, 0.25) is 0 Å². The van der Waals surface area contributed by atoms with E-state index in [9.17, 15) is 4.39 Å². The van der Waals surface area contributed by atoms with Crippen molar-refractivity contribution < 1.29 is 9.13 Å². The average Bonchev–Trinajstić information content (AvgIpc) is 2.36. The van der Waals surface area contributed by atoms with Gasteiger partial charge in [-0.15, -0.1) is 0 Å². The second-order valence-electron chi connectivity index (χ2n) is 4.85. The highest BCUT2D eigenvalue weighted by atomic mass is 19.1. The summed E-state index contributed by atoms with van der Waals surface area (Å²) in [6.07, 6.45) is 0. The summed E-state index contributed by atoms with van der Waals surface area (Å²) in [4.78, 5) is 0. The van der Waals surface area contributed by atoms with Crippen LogP contribution in [0, 0.1) is 19.7 Å². The molecule has 2 rings (SSSR count). The Kier molecular flexibility index (Phi) is 3.86. The Morgan fingerprint density at radius 3 is 2.42 bits per heavy atom. The first-order chi connectivity index (χ1) is 8.97. The summed E-state index contributed by atoms with van der Waals surface area (Å²) in [6.45, 7) is 5.73. The zero-order chi connectivity index (χ0) is 14.0. The molecule has 0 aromatic heterocycles. The first-order valence-electron chi connectivity index (χ1n) is 6.27. The predicted molar refractivity (Wildman–Crippen MR) is 75.0 cm³/mol. The van der Waals surface area contributed by atoms with Crippen molar-refractivity contribution >= 4 is 0 Å². The van der Waals surface area contributed by atoms with Gasteiger partial charge in [-0.1, -0.05) is 18.2 Å². The minimum absolute atomic E-state index is 0.191. The van der Waals surface area contributed by atoms with Crippen LogP contribution in [0.2, 0.25) is 0 Å². The molecule has 2 nitrogen and oxygen atoms in total. The van der Waals surface area contributed by atoms with E-state index in [2.05, 4.69) is 0 Å². The minimum atomic E-state index is -0.393. The number of nitrogens with two attached hydrogens (primary N) is 1. The zero-order valence-electron chi connectivity index (χ0n) is 11.4. The third-order valence-electron chi connectivity index (χ3n) is 3.05. The third kappa shape index (κ3) is 3.12. The van der Waals surface area contributed by atoms with Gasteiger partial charge in [0.1, 0.15) is 5.75 Å². The summed E-state index contributed by atoms with van der Waals surface area (Å²) in [7, 11) is 0. The second kappa shape index (κ2) is 5.41. The summed E-state index contributed by atoms with van der Waals surface area (Å²) >= 11 is 0. The van der Waals surface area contributed by atoms with Crippen LogP contribution in [0.1, 0.15) is 29.7 Å². The fraction of sp³-hybridized carbons (Fsp3) is 0.250. The van der Waals surface area contributed by atoms with Crippen molar-refractivity contribution in [1.82, 2.24) is 0 Å². The Morgan fingerprint density at radius 1 is 1.05 bits per heavy atom. The van der Waals surface area contributed by atoms with Crippen LogP contribution in [0.3, 0.4) is 0 Å². The number of ether oxygens (including phenoxy) is 1. The van der Waals surface area contributed by atoms with E-state index in [-0.39, 0.29) is 11.8 Å². The predicted octanol–water partition coefficient (Wildman–Crippen LogP) is 4.25. The molecular formula is C16H18FNO. The van der Waals surface area contributed by atoms with Gasteiger partial charge in [0, 0.05) is 6.04 Å². The number of aryl methyl sites for hydroxylation is 2. The smallest absolute Gasteiger partial charge is 0.166 e. The van der Waals surface area contributed by atoms with E-state index in [1.807, 2.05) is 39.0 Å². The summed E-state index contributed by atoms with van der Waals surface area (Å²) in [5.41, 5.74) is 8.53. The van der Waals surface area contributed by atoms with Crippen LogP contribution in [0.5, 0.6) is 11.5 Å². The quantitative estimate of drug-likeness (QED) is 0.894. The average molecular weight is 259 g/mol. The van der Waals surface area contributed by atoms with Crippen molar-refractivity contribution in [2.45, 2.75) is 26.8 Å². The standard InChI is InChI=1S/C16H18FNO/c1-10-4-5-11(2)16(8-10)19-15-7-6-13(12(3)18)9-14(15)17/h4-9,12H,18H2,1-3H3/t12-/m1/s1. The van der Waals surface area contributed by atoms with Crippen LogP contribution in [0.4, 0.5) is 4.39 Å². The van der Waals surface area contributed by atoms with E-state index in [1.54, 1.807) is 12.1 Å². The first kappa shape index (κ1) is 13.6. The molecular weight excluding hydrogens is 241 g/mol. The molecule has 0 aliphatic rings. The fourth-order valence-corrected chi connectivity index (χ4v) is 1.82. The highest BCUT2D eigenvalue weighted by Gasteiger charge is 2.09. The van der Waals surface area contributed by atoms with Crippen LogP contribution < -0.4 is 10.5 Å². The summed E-state index contributed by atoms with van der Waals surface area (Å²) < 4.78 is 19.6. The largest absolute Gasteiger partial charge is 0.454 e. The molecule has 0 heterocycles. The Morgan fingerprint density at radius 2 is 1.79 bits per heavy atom. The lowest BCUT2D eigenvalue weighted by Gasteiger charge is -2.12. The Bertz CT molecular complexity index is 593. The molecule has 19 heavy (non-hydrogen) atoms. The van der Waals surface area contributed by atoms with Crippen molar-refractivity contribution in [3.05, 3.63) is 58.9 Å². The van der Waals surface area contributed by atoms with Crippen LogP contribution in [0.25, 0.3) is 0 Å². The number of rotatable bonds is 3. The summed E-state index contributed by atoms with van der Waals surface area (Å²) in [6, 6.07) is 10.5. The number of benzene rings is 2. The lowest BCUT2D eigenvalue weighted by atomic mass is 10.1. The van der Waals surface area contributed by atoms with E-state index in [4.69, 9.17) is 10.5 Å².